The molecule has 130 valence electrons. The SMILES string of the molecule is CCN(CC)C(=O)/C=C1\OC(=O)N(Cc2ccccc2)C1(C)CC. The summed E-state index contributed by atoms with van der Waals surface area (Å²) in [4.78, 5) is 28.2. The van der Waals surface area contributed by atoms with Crippen LogP contribution in [-0.2, 0) is 16.1 Å². The number of amides is 2. The van der Waals surface area contributed by atoms with Crippen molar-refractivity contribution in [3.63, 3.8) is 0 Å². The number of hydrogen-bond acceptors (Lipinski definition) is 3. The van der Waals surface area contributed by atoms with E-state index in [1.165, 1.54) is 6.08 Å². The Hall–Kier alpha value is -2.30. The topological polar surface area (TPSA) is 49.9 Å². The molecule has 1 saturated heterocycles. The van der Waals surface area contributed by atoms with Gasteiger partial charge in [0.05, 0.1) is 6.54 Å². The zero-order valence-corrected chi connectivity index (χ0v) is 14.9. The quantitative estimate of drug-likeness (QED) is 0.749. The summed E-state index contributed by atoms with van der Waals surface area (Å²) >= 11 is 0. The van der Waals surface area contributed by atoms with Gasteiger partial charge < -0.3 is 9.64 Å². The molecule has 0 saturated carbocycles. The van der Waals surface area contributed by atoms with Crippen LogP contribution in [0.1, 0.15) is 39.7 Å². The molecule has 1 unspecified atom stereocenters. The molecule has 0 spiro atoms. The Morgan fingerprint density at radius 3 is 2.38 bits per heavy atom. The second-order valence-electron chi connectivity index (χ2n) is 6.09. The van der Waals surface area contributed by atoms with Crippen molar-refractivity contribution in [2.75, 3.05) is 13.1 Å². The van der Waals surface area contributed by atoms with Crippen LogP contribution >= 0.6 is 0 Å². The average Bonchev–Trinajstić information content (AvgIpc) is 2.82. The molecule has 1 aromatic carbocycles. The average molecular weight is 330 g/mol. The normalized spacial score (nSPS) is 21.9. The van der Waals surface area contributed by atoms with E-state index in [0.29, 0.717) is 31.8 Å². The van der Waals surface area contributed by atoms with Gasteiger partial charge in [0.2, 0.25) is 5.91 Å². The lowest BCUT2D eigenvalue weighted by Crippen LogP contribution is -2.43. The predicted octanol–water partition coefficient (Wildman–Crippen LogP) is 3.56. The van der Waals surface area contributed by atoms with Gasteiger partial charge >= 0.3 is 6.09 Å². The van der Waals surface area contributed by atoms with Crippen LogP contribution in [-0.4, -0.2) is 40.4 Å². The highest BCUT2D eigenvalue weighted by atomic mass is 16.6. The van der Waals surface area contributed by atoms with E-state index in [4.69, 9.17) is 4.74 Å². The molecule has 2 rings (SSSR count). The summed E-state index contributed by atoms with van der Waals surface area (Å²) < 4.78 is 5.46. The van der Waals surface area contributed by atoms with Gasteiger partial charge in [0.15, 0.2) is 0 Å². The molecule has 1 atom stereocenters. The maximum absolute atomic E-state index is 12.4. The molecule has 0 aliphatic carbocycles. The van der Waals surface area contributed by atoms with Gasteiger partial charge in [-0.3, -0.25) is 9.69 Å². The van der Waals surface area contributed by atoms with Crippen molar-refractivity contribution in [2.45, 2.75) is 46.2 Å². The summed E-state index contributed by atoms with van der Waals surface area (Å²) in [5.74, 6) is 0.312. The van der Waals surface area contributed by atoms with Gasteiger partial charge in [-0.15, -0.1) is 0 Å². The van der Waals surface area contributed by atoms with E-state index < -0.39 is 11.6 Å². The number of benzene rings is 1. The molecule has 0 bridgehead atoms. The Labute approximate surface area is 143 Å². The zero-order chi connectivity index (χ0) is 17.7. The Bertz CT molecular complexity index is 623. The van der Waals surface area contributed by atoms with Crippen molar-refractivity contribution in [2.24, 2.45) is 0 Å². The molecule has 1 fully saturated rings. The minimum atomic E-state index is -0.615. The lowest BCUT2D eigenvalue weighted by Gasteiger charge is -2.31. The number of nitrogens with zero attached hydrogens (tertiary/aromatic N) is 2. The molecule has 24 heavy (non-hydrogen) atoms. The Morgan fingerprint density at radius 1 is 1.21 bits per heavy atom. The highest BCUT2D eigenvalue weighted by molar-refractivity contribution is 5.89. The molecule has 1 aliphatic heterocycles. The van der Waals surface area contributed by atoms with Crippen LogP contribution in [0.15, 0.2) is 42.2 Å². The van der Waals surface area contributed by atoms with E-state index in [2.05, 4.69) is 0 Å². The molecule has 1 aliphatic rings. The van der Waals surface area contributed by atoms with Gasteiger partial charge in [-0.1, -0.05) is 37.3 Å². The lowest BCUT2D eigenvalue weighted by atomic mass is 9.94. The number of carbonyl (C=O) groups excluding carboxylic acids is 2. The Morgan fingerprint density at radius 2 is 1.83 bits per heavy atom. The van der Waals surface area contributed by atoms with Crippen molar-refractivity contribution >= 4 is 12.0 Å². The van der Waals surface area contributed by atoms with Crippen LogP contribution in [0.4, 0.5) is 4.79 Å². The molecule has 2 amide bonds. The van der Waals surface area contributed by atoms with Crippen molar-refractivity contribution < 1.29 is 14.3 Å². The zero-order valence-electron chi connectivity index (χ0n) is 14.9. The molecule has 5 heteroatoms. The Kier molecular flexibility index (Phi) is 5.65. The fraction of sp³-hybridized carbons (Fsp3) is 0.474. The van der Waals surface area contributed by atoms with Crippen LogP contribution < -0.4 is 0 Å². The summed E-state index contributed by atoms with van der Waals surface area (Å²) in [5, 5.41) is 0. The predicted molar refractivity (Wildman–Crippen MR) is 93.2 cm³/mol. The van der Waals surface area contributed by atoms with E-state index in [1.54, 1.807) is 9.80 Å². The maximum atomic E-state index is 12.4. The van der Waals surface area contributed by atoms with Gasteiger partial charge in [0.1, 0.15) is 11.3 Å². The standard InChI is InChI=1S/C19H26N2O3/c1-5-19(4)16(13-17(22)20(6-2)7-3)24-18(23)21(19)14-15-11-9-8-10-12-15/h8-13H,5-7,14H2,1-4H3/b16-13-. The number of cyclic esters (lactones) is 1. The third kappa shape index (κ3) is 3.45. The van der Waals surface area contributed by atoms with Gasteiger partial charge in [0.25, 0.3) is 0 Å². The minimum absolute atomic E-state index is 0.121. The van der Waals surface area contributed by atoms with Crippen molar-refractivity contribution in [1.82, 2.24) is 9.80 Å². The molecular formula is C19H26N2O3. The van der Waals surface area contributed by atoms with E-state index >= 15 is 0 Å². The largest absolute Gasteiger partial charge is 0.416 e. The monoisotopic (exact) mass is 330 g/mol. The number of ether oxygens (including phenoxy) is 1. The van der Waals surface area contributed by atoms with Crippen molar-refractivity contribution in [1.29, 1.82) is 0 Å². The molecule has 5 nitrogen and oxygen atoms in total. The third-order valence-electron chi connectivity index (χ3n) is 4.75. The lowest BCUT2D eigenvalue weighted by molar-refractivity contribution is -0.125. The number of likely N-dealkylation sites (N-methyl/N-ethyl adjacent to an activating group) is 1. The van der Waals surface area contributed by atoms with Gasteiger partial charge in [-0.2, -0.15) is 0 Å². The summed E-state index contributed by atoms with van der Waals surface area (Å²) in [6.07, 6.45) is 1.74. The van der Waals surface area contributed by atoms with Crippen LogP contribution in [0.2, 0.25) is 0 Å². The van der Waals surface area contributed by atoms with Crippen LogP contribution in [0.25, 0.3) is 0 Å². The first-order valence-electron chi connectivity index (χ1n) is 8.50. The molecule has 1 heterocycles. The minimum Gasteiger partial charge on any atom is -0.412 e. The second-order valence-corrected chi connectivity index (χ2v) is 6.09. The highest BCUT2D eigenvalue weighted by Gasteiger charge is 2.47. The van der Waals surface area contributed by atoms with Crippen LogP contribution in [0.5, 0.6) is 0 Å². The first-order valence-corrected chi connectivity index (χ1v) is 8.50. The molecule has 0 N–H and O–H groups in total. The van der Waals surface area contributed by atoms with E-state index in [9.17, 15) is 9.59 Å². The fourth-order valence-electron chi connectivity index (χ4n) is 2.89. The summed E-state index contributed by atoms with van der Waals surface area (Å²) in [7, 11) is 0. The van der Waals surface area contributed by atoms with E-state index in [0.717, 1.165) is 5.56 Å². The first-order chi connectivity index (χ1) is 11.5. The fourth-order valence-corrected chi connectivity index (χ4v) is 2.89. The third-order valence-corrected chi connectivity index (χ3v) is 4.75. The smallest absolute Gasteiger partial charge is 0.412 e. The summed E-state index contributed by atoms with van der Waals surface area (Å²) in [5.41, 5.74) is 0.417. The Balaban J connectivity index is 2.29. The van der Waals surface area contributed by atoms with E-state index in [1.807, 2.05) is 58.0 Å². The second kappa shape index (κ2) is 7.51. The molecular weight excluding hydrogens is 304 g/mol. The van der Waals surface area contributed by atoms with Crippen LogP contribution in [0.3, 0.4) is 0 Å². The molecule has 0 aromatic heterocycles. The molecule has 0 radical (unpaired) electrons. The maximum Gasteiger partial charge on any atom is 0.416 e. The summed E-state index contributed by atoms with van der Waals surface area (Å²) in [6.45, 7) is 9.52. The van der Waals surface area contributed by atoms with Crippen molar-refractivity contribution in [3.05, 3.63) is 47.7 Å². The van der Waals surface area contributed by atoms with Gasteiger partial charge in [-0.05, 0) is 32.8 Å². The number of hydrogen-bond donors (Lipinski definition) is 0. The van der Waals surface area contributed by atoms with Gasteiger partial charge in [0, 0.05) is 19.2 Å². The summed E-state index contributed by atoms with van der Waals surface area (Å²) in [6, 6.07) is 9.79. The first kappa shape index (κ1) is 18.0. The van der Waals surface area contributed by atoms with Gasteiger partial charge in [-0.25, -0.2) is 4.79 Å². The van der Waals surface area contributed by atoms with Crippen LogP contribution in [0, 0.1) is 0 Å². The molecule has 1 aromatic rings. The van der Waals surface area contributed by atoms with Crippen molar-refractivity contribution in [3.8, 4) is 0 Å². The highest BCUT2D eigenvalue weighted by Crippen LogP contribution is 2.37. The van der Waals surface area contributed by atoms with E-state index in [-0.39, 0.29) is 5.91 Å². The number of carbonyl (C=O) groups is 2. The number of rotatable bonds is 6.